The monoisotopic (exact) mass is 249 g/mol. The summed E-state index contributed by atoms with van der Waals surface area (Å²) in [6.07, 6.45) is 5.47. The van der Waals surface area contributed by atoms with Gasteiger partial charge in [-0.15, -0.1) is 0 Å². The first-order valence-electron chi connectivity index (χ1n) is 6.64. The fraction of sp³-hybridized carbons (Fsp3) is 0.714. The highest BCUT2D eigenvalue weighted by Crippen LogP contribution is 2.48. The van der Waals surface area contributed by atoms with Crippen molar-refractivity contribution in [3.63, 3.8) is 0 Å². The van der Waals surface area contributed by atoms with Crippen LogP contribution in [0.4, 0.5) is 0 Å². The zero-order valence-corrected chi connectivity index (χ0v) is 10.8. The molecule has 4 nitrogen and oxygen atoms in total. The van der Waals surface area contributed by atoms with E-state index in [1.54, 1.807) is 0 Å². The lowest BCUT2D eigenvalue weighted by atomic mass is 9.64. The van der Waals surface area contributed by atoms with Crippen LogP contribution in [-0.4, -0.2) is 34.0 Å². The number of rotatable bonds is 1. The minimum Gasteiger partial charge on any atom is -0.392 e. The number of aliphatic hydroxyl groups excluding tert-OH is 1. The van der Waals surface area contributed by atoms with Crippen molar-refractivity contribution in [2.45, 2.75) is 45.3 Å². The lowest BCUT2D eigenvalue weighted by Crippen LogP contribution is -2.62. The van der Waals surface area contributed by atoms with Crippen molar-refractivity contribution in [3.05, 3.63) is 12.2 Å². The van der Waals surface area contributed by atoms with Crippen LogP contribution >= 0.6 is 0 Å². The Labute approximate surface area is 107 Å². The Balaban J connectivity index is 1.87. The van der Waals surface area contributed by atoms with E-state index in [4.69, 9.17) is 0 Å². The van der Waals surface area contributed by atoms with Crippen molar-refractivity contribution in [2.24, 2.45) is 17.3 Å². The van der Waals surface area contributed by atoms with Gasteiger partial charge in [-0.25, -0.2) is 0 Å². The minimum absolute atomic E-state index is 0.0284. The van der Waals surface area contributed by atoms with E-state index in [1.165, 1.54) is 4.90 Å². The molecule has 4 unspecified atom stereocenters. The third-order valence-corrected chi connectivity index (χ3v) is 5.02. The Morgan fingerprint density at radius 2 is 1.67 bits per heavy atom. The molecule has 2 aliphatic carbocycles. The second kappa shape index (κ2) is 3.67. The lowest BCUT2D eigenvalue weighted by molar-refractivity contribution is -0.163. The summed E-state index contributed by atoms with van der Waals surface area (Å²) in [7, 11) is 0. The van der Waals surface area contributed by atoms with Gasteiger partial charge in [0.25, 0.3) is 0 Å². The molecule has 18 heavy (non-hydrogen) atoms. The molecule has 1 N–H and O–H groups in total. The summed E-state index contributed by atoms with van der Waals surface area (Å²) in [5.41, 5.74) is -0.369. The van der Waals surface area contributed by atoms with Crippen LogP contribution in [0.3, 0.4) is 0 Å². The van der Waals surface area contributed by atoms with Gasteiger partial charge < -0.3 is 5.11 Å². The summed E-state index contributed by atoms with van der Waals surface area (Å²) in [6, 6.07) is -0.127. The highest BCUT2D eigenvalue weighted by atomic mass is 16.3. The maximum atomic E-state index is 12.4. The predicted molar refractivity (Wildman–Crippen MR) is 65.4 cm³/mol. The van der Waals surface area contributed by atoms with Gasteiger partial charge in [-0.3, -0.25) is 14.5 Å². The van der Waals surface area contributed by atoms with Gasteiger partial charge in [0.1, 0.15) is 0 Å². The van der Waals surface area contributed by atoms with Crippen LogP contribution in [0.5, 0.6) is 0 Å². The third-order valence-electron chi connectivity index (χ3n) is 5.02. The molecule has 0 bridgehead atoms. The number of carbonyl (C=O) groups is 2. The van der Waals surface area contributed by atoms with Gasteiger partial charge in [0, 0.05) is 11.5 Å². The van der Waals surface area contributed by atoms with Gasteiger partial charge in [0.15, 0.2) is 0 Å². The van der Waals surface area contributed by atoms with Gasteiger partial charge >= 0.3 is 0 Å². The van der Waals surface area contributed by atoms with Crippen molar-refractivity contribution in [2.75, 3.05) is 0 Å². The average molecular weight is 249 g/mol. The zero-order chi connectivity index (χ0) is 13.1. The van der Waals surface area contributed by atoms with Crippen molar-refractivity contribution < 1.29 is 14.7 Å². The SMILES string of the molecule is CC1(C)C(O)CC1N1C(=O)C2CC=CCC2C1=O. The van der Waals surface area contributed by atoms with Crippen LogP contribution in [0, 0.1) is 17.3 Å². The second-order valence-electron chi connectivity index (χ2n) is 6.29. The van der Waals surface area contributed by atoms with Gasteiger partial charge in [-0.1, -0.05) is 26.0 Å². The largest absolute Gasteiger partial charge is 0.392 e. The number of aliphatic hydroxyl groups is 1. The first kappa shape index (κ1) is 11.9. The van der Waals surface area contributed by atoms with Crippen LogP contribution in [0.15, 0.2) is 12.2 Å². The Morgan fingerprint density at radius 3 is 2.06 bits per heavy atom. The van der Waals surface area contributed by atoms with Crippen LogP contribution in [0.1, 0.15) is 33.1 Å². The summed E-state index contributed by atoms with van der Waals surface area (Å²) in [6.45, 7) is 3.85. The molecule has 1 aliphatic heterocycles. The molecule has 0 spiro atoms. The quantitative estimate of drug-likeness (QED) is 0.559. The molecule has 1 heterocycles. The number of nitrogens with zero attached hydrogens (tertiary/aromatic N) is 1. The Hall–Kier alpha value is -1.16. The molecule has 4 atom stereocenters. The molecule has 98 valence electrons. The molecule has 0 radical (unpaired) electrons. The van der Waals surface area contributed by atoms with Crippen molar-refractivity contribution in [1.82, 2.24) is 4.90 Å². The summed E-state index contributed by atoms with van der Waals surface area (Å²) in [5, 5.41) is 9.78. The van der Waals surface area contributed by atoms with E-state index in [2.05, 4.69) is 0 Å². The number of amides is 2. The minimum atomic E-state index is -0.413. The molecule has 1 saturated heterocycles. The van der Waals surface area contributed by atoms with Crippen LogP contribution < -0.4 is 0 Å². The maximum absolute atomic E-state index is 12.4. The maximum Gasteiger partial charge on any atom is 0.233 e. The lowest BCUT2D eigenvalue weighted by Gasteiger charge is -2.52. The molecule has 4 heteroatoms. The molecule has 1 saturated carbocycles. The molecule has 0 aromatic rings. The Bertz CT molecular complexity index is 414. The summed E-state index contributed by atoms with van der Waals surface area (Å²) < 4.78 is 0. The van der Waals surface area contributed by atoms with E-state index in [1.807, 2.05) is 26.0 Å². The number of fused-ring (bicyclic) bond motifs is 1. The van der Waals surface area contributed by atoms with Gasteiger partial charge in [0.2, 0.25) is 11.8 Å². The van der Waals surface area contributed by atoms with E-state index in [9.17, 15) is 14.7 Å². The summed E-state index contributed by atoms with van der Waals surface area (Å²) in [5.74, 6) is -0.370. The third kappa shape index (κ3) is 1.35. The molecule has 0 aromatic carbocycles. The first-order chi connectivity index (χ1) is 8.44. The number of imide groups is 1. The average Bonchev–Trinajstić information content (AvgIpc) is 2.60. The number of allylic oxidation sites excluding steroid dienone is 2. The molecule has 0 aromatic heterocycles. The molecule has 2 fully saturated rings. The Morgan fingerprint density at radius 1 is 1.17 bits per heavy atom. The molecular weight excluding hydrogens is 230 g/mol. The van der Waals surface area contributed by atoms with Crippen molar-refractivity contribution in [3.8, 4) is 0 Å². The second-order valence-corrected chi connectivity index (χ2v) is 6.29. The van der Waals surface area contributed by atoms with E-state index in [-0.39, 0.29) is 35.1 Å². The number of carbonyl (C=O) groups excluding carboxylic acids is 2. The molecule has 2 amide bonds. The fourth-order valence-electron chi connectivity index (χ4n) is 3.45. The molecular formula is C14H19NO3. The highest BCUT2D eigenvalue weighted by molar-refractivity contribution is 6.06. The zero-order valence-electron chi connectivity index (χ0n) is 10.8. The summed E-state index contributed by atoms with van der Waals surface area (Å²) in [4.78, 5) is 26.2. The van der Waals surface area contributed by atoms with Crippen molar-refractivity contribution in [1.29, 1.82) is 0 Å². The molecule has 3 rings (SSSR count). The number of hydrogen-bond acceptors (Lipinski definition) is 3. The van der Waals surface area contributed by atoms with E-state index >= 15 is 0 Å². The van der Waals surface area contributed by atoms with E-state index in [0.717, 1.165) is 0 Å². The van der Waals surface area contributed by atoms with E-state index < -0.39 is 6.10 Å². The fourth-order valence-corrected chi connectivity index (χ4v) is 3.45. The Kier molecular flexibility index (Phi) is 2.43. The number of hydrogen-bond donors (Lipinski definition) is 1. The van der Waals surface area contributed by atoms with Gasteiger partial charge in [0.05, 0.1) is 17.9 Å². The van der Waals surface area contributed by atoms with Gasteiger partial charge in [-0.05, 0) is 19.3 Å². The predicted octanol–water partition coefficient (Wildman–Crippen LogP) is 1.10. The van der Waals surface area contributed by atoms with Crippen LogP contribution in [0.2, 0.25) is 0 Å². The van der Waals surface area contributed by atoms with Crippen LogP contribution in [0.25, 0.3) is 0 Å². The topological polar surface area (TPSA) is 57.6 Å². The van der Waals surface area contributed by atoms with Crippen molar-refractivity contribution >= 4 is 11.8 Å². The van der Waals surface area contributed by atoms with Crippen LogP contribution in [-0.2, 0) is 9.59 Å². The number of likely N-dealkylation sites (tertiary alicyclic amines) is 1. The van der Waals surface area contributed by atoms with Gasteiger partial charge in [-0.2, -0.15) is 0 Å². The normalized spacial score (nSPS) is 41.8. The smallest absolute Gasteiger partial charge is 0.233 e. The standard InChI is InChI=1S/C14H19NO3/c1-14(2)10(7-11(14)16)15-12(17)8-5-3-4-6-9(8)13(15)18/h3-4,8-11,16H,5-7H2,1-2H3. The van der Waals surface area contributed by atoms with E-state index in [0.29, 0.717) is 19.3 Å². The molecule has 3 aliphatic rings. The highest BCUT2D eigenvalue weighted by Gasteiger charge is 2.58. The first-order valence-corrected chi connectivity index (χ1v) is 6.64. The summed E-state index contributed by atoms with van der Waals surface area (Å²) >= 11 is 0.